The quantitative estimate of drug-likeness (QED) is 0.542. The number of hydrogen-bond donors (Lipinski definition) is 2. The molecule has 20 heavy (non-hydrogen) atoms. The molecule has 0 aliphatic rings. The van der Waals surface area contributed by atoms with Crippen molar-refractivity contribution in [2.45, 2.75) is 59.4 Å². The summed E-state index contributed by atoms with van der Waals surface area (Å²) in [5, 5.41) is 3.19. The van der Waals surface area contributed by atoms with Gasteiger partial charge in [-0.25, -0.2) is 0 Å². The molecule has 0 aromatic rings. The first-order valence-electron chi connectivity index (χ1n) is 7.73. The van der Waals surface area contributed by atoms with Crippen LogP contribution in [-0.4, -0.2) is 45.4 Å². The molecule has 0 fully saturated rings. The van der Waals surface area contributed by atoms with Crippen molar-refractivity contribution in [2.75, 3.05) is 26.7 Å². The van der Waals surface area contributed by atoms with E-state index in [0.717, 1.165) is 38.8 Å². The van der Waals surface area contributed by atoms with Crippen LogP contribution in [0.15, 0.2) is 0 Å². The van der Waals surface area contributed by atoms with Crippen molar-refractivity contribution < 1.29 is 8.42 Å². The second kappa shape index (κ2) is 10.5. The fraction of sp³-hybridized carbons (Fsp3) is 1.00. The van der Waals surface area contributed by atoms with E-state index in [1.807, 2.05) is 13.8 Å². The van der Waals surface area contributed by atoms with Gasteiger partial charge in [-0.3, -0.25) is 0 Å². The molecule has 0 aliphatic carbocycles. The smallest absolute Gasteiger partial charge is 0.279 e. The molecule has 0 aromatic carbocycles. The van der Waals surface area contributed by atoms with Gasteiger partial charge in [-0.2, -0.15) is 17.4 Å². The Hall–Kier alpha value is -0.170. The van der Waals surface area contributed by atoms with Crippen LogP contribution in [0.3, 0.4) is 0 Å². The second-order valence-corrected chi connectivity index (χ2v) is 7.69. The van der Waals surface area contributed by atoms with Crippen molar-refractivity contribution in [2.24, 2.45) is 5.92 Å². The summed E-state index contributed by atoms with van der Waals surface area (Å²) in [5.74, 6) is 0.674. The summed E-state index contributed by atoms with van der Waals surface area (Å²) in [7, 11) is -1.71. The third kappa shape index (κ3) is 9.69. The third-order valence-electron chi connectivity index (χ3n) is 3.26. The molecule has 122 valence electrons. The molecule has 6 heteroatoms. The fourth-order valence-electron chi connectivity index (χ4n) is 1.96. The van der Waals surface area contributed by atoms with Crippen molar-refractivity contribution in [3.05, 3.63) is 0 Å². The molecule has 2 N–H and O–H groups in total. The summed E-state index contributed by atoms with van der Waals surface area (Å²) in [5.41, 5.74) is 0. The summed E-state index contributed by atoms with van der Waals surface area (Å²) >= 11 is 0. The standard InChI is InChI=1S/C14H33N3O2S/c1-6-15-11-8-12-17(5)20(18,19)16-14(4)10-7-9-13(2)3/h13-16H,6-12H2,1-5H3. The molecule has 1 unspecified atom stereocenters. The van der Waals surface area contributed by atoms with E-state index < -0.39 is 10.2 Å². The highest BCUT2D eigenvalue weighted by atomic mass is 32.2. The molecule has 1 atom stereocenters. The molecule has 0 aliphatic heterocycles. The molecular weight excluding hydrogens is 274 g/mol. The minimum absolute atomic E-state index is 0.00466. The summed E-state index contributed by atoms with van der Waals surface area (Å²) < 4.78 is 28.3. The van der Waals surface area contributed by atoms with Gasteiger partial charge >= 0.3 is 0 Å². The Morgan fingerprint density at radius 1 is 1.10 bits per heavy atom. The maximum atomic E-state index is 12.1. The van der Waals surface area contributed by atoms with E-state index >= 15 is 0 Å². The molecular formula is C14H33N3O2S. The average molecular weight is 308 g/mol. The molecule has 0 saturated heterocycles. The Morgan fingerprint density at radius 2 is 1.75 bits per heavy atom. The van der Waals surface area contributed by atoms with E-state index in [-0.39, 0.29) is 6.04 Å². The Morgan fingerprint density at radius 3 is 2.30 bits per heavy atom. The van der Waals surface area contributed by atoms with Crippen LogP contribution in [0.4, 0.5) is 0 Å². The number of hydrogen-bond acceptors (Lipinski definition) is 3. The monoisotopic (exact) mass is 307 g/mol. The summed E-state index contributed by atoms with van der Waals surface area (Å²) in [6.45, 7) is 10.7. The SMILES string of the molecule is CCNCCCN(C)S(=O)(=O)NC(C)CCCC(C)C. The Kier molecular flexibility index (Phi) is 10.5. The number of nitrogens with one attached hydrogen (secondary N) is 2. The topological polar surface area (TPSA) is 61.4 Å². The lowest BCUT2D eigenvalue weighted by Crippen LogP contribution is -2.43. The van der Waals surface area contributed by atoms with Crippen LogP contribution >= 0.6 is 0 Å². The predicted molar refractivity (Wildman–Crippen MR) is 86.0 cm³/mol. The van der Waals surface area contributed by atoms with Crippen LogP contribution in [0.5, 0.6) is 0 Å². The van der Waals surface area contributed by atoms with E-state index in [9.17, 15) is 8.42 Å². The predicted octanol–water partition coefficient (Wildman–Crippen LogP) is 1.97. The second-order valence-electron chi connectivity index (χ2n) is 5.88. The molecule has 0 spiro atoms. The van der Waals surface area contributed by atoms with Gasteiger partial charge in [0.15, 0.2) is 0 Å². The highest BCUT2D eigenvalue weighted by Crippen LogP contribution is 2.09. The van der Waals surface area contributed by atoms with Gasteiger partial charge in [0.2, 0.25) is 0 Å². The van der Waals surface area contributed by atoms with Gasteiger partial charge in [0, 0.05) is 19.6 Å². The van der Waals surface area contributed by atoms with Gasteiger partial charge in [-0.1, -0.05) is 33.6 Å². The molecule has 0 rings (SSSR count). The maximum Gasteiger partial charge on any atom is 0.279 e. The van der Waals surface area contributed by atoms with Crippen molar-refractivity contribution in [3.8, 4) is 0 Å². The van der Waals surface area contributed by atoms with Gasteiger partial charge in [-0.15, -0.1) is 0 Å². The zero-order valence-electron chi connectivity index (χ0n) is 13.8. The van der Waals surface area contributed by atoms with Crippen LogP contribution in [0, 0.1) is 5.92 Å². The maximum absolute atomic E-state index is 12.1. The Balaban J connectivity index is 4.02. The van der Waals surface area contributed by atoms with Gasteiger partial charge in [0.1, 0.15) is 0 Å². The molecule has 0 aromatic heterocycles. The minimum atomic E-state index is -3.34. The lowest BCUT2D eigenvalue weighted by atomic mass is 10.0. The number of rotatable bonds is 12. The van der Waals surface area contributed by atoms with Crippen molar-refractivity contribution >= 4 is 10.2 Å². The molecule has 0 amide bonds. The zero-order chi connectivity index (χ0) is 15.6. The summed E-state index contributed by atoms with van der Waals surface area (Å²) in [6, 6.07) is -0.00466. The largest absolute Gasteiger partial charge is 0.317 e. The van der Waals surface area contributed by atoms with Crippen LogP contribution < -0.4 is 10.0 Å². The molecule has 0 saturated carbocycles. The minimum Gasteiger partial charge on any atom is -0.317 e. The fourth-order valence-corrected chi connectivity index (χ4v) is 3.13. The first-order chi connectivity index (χ1) is 9.29. The lowest BCUT2D eigenvalue weighted by Gasteiger charge is -2.21. The van der Waals surface area contributed by atoms with Crippen LogP contribution in [-0.2, 0) is 10.2 Å². The first kappa shape index (κ1) is 19.8. The van der Waals surface area contributed by atoms with E-state index in [1.165, 1.54) is 4.31 Å². The first-order valence-corrected chi connectivity index (χ1v) is 9.17. The highest BCUT2D eigenvalue weighted by Gasteiger charge is 2.19. The van der Waals surface area contributed by atoms with E-state index in [2.05, 4.69) is 23.9 Å². The van der Waals surface area contributed by atoms with Crippen molar-refractivity contribution in [3.63, 3.8) is 0 Å². The summed E-state index contributed by atoms with van der Waals surface area (Å²) in [4.78, 5) is 0. The molecule has 0 radical (unpaired) electrons. The third-order valence-corrected chi connectivity index (χ3v) is 4.96. The van der Waals surface area contributed by atoms with Gasteiger partial charge in [0.05, 0.1) is 0 Å². The van der Waals surface area contributed by atoms with Crippen LogP contribution in [0.25, 0.3) is 0 Å². The van der Waals surface area contributed by atoms with Crippen LogP contribution in [0.2, 0.25) is 0 Å². The molecule has 0 heterocycles. The molecule has 0 bridgehead atoms. The highest BCUT2D eigenvalue weighted by molar-refractivity contribution is 7.87. The number of nitrogens with zero attached hydrogens (tertiary/aromatic N) is 1. The normalized spacial score (nSPS) is 14.2. The van der Waals surface area contributed by atoms with Gasteiger partial charge in [0.25, 0.3) is 10.2 Å². The van der Waals surface area contributed by atoms with Crippen LogP contribution in [0.1, 0.15) is 53.4 Å². The lowest BCUT2D eigenvalue weighted by molar-refractivity contribution is 0.429. The van der Waals surface area contributed by atoms with E-state index in [0.29, 0.717) is 12.5 Å². The molecule has 5 nitrogen and oxygen atoms in total. The van der Waals surface area contributed by atoms with Crippen molar-refractivity contribution in [1.82, 2.24) is 14.3 Å². The van der Waals surface area contributed by atoms with Gasteiger partial charge < -0.3 is 5.32 Å². The Bertz CT molecular complexity index is 331. The average Bonchev–Trinajstić information content (AvgIpc) is 2.33. The van der Waals surface area contributed by atoms with E-state index in [1.54, 1.807) is 7.05 Å². The Labute approximate surface area is 125 Å². The van der Waals surface area contributed by atoms with Gasteiger partial charge in [-0.05, 0) is 38.8 Å². The van der Waals surface area contributed by atoms with E-state index in [4.69, 9.17) is 0 Å². The summed E-state index contributed by atoms with van der Waals surface area (Å²) in [6.07, 6.45) is 3.92. The zero-order valence-corrected chi connectivity index (χ0v) is 14.6. The van der Waals surface area contributed by atoms with Crippen molar-refractivity contribution in [1.29, 1.82) is 0 Å².